The molecule has 0 radical (unpaired) electrons. The Hall–Kier alpha value is -1.20. The zero-order valence-corrected chi connectivity index (χ0v) is 12.2. The van der Waals surface area contributed by atoms with Gasteiger partial charge in [-0.1, -0.05) is 12.1 Å². The molecule has 2 aromatic rings. The number of phenols is 1. The first kappa shape index (κ1) is 13.2. The molecule has 5 heteroatoms. The van der Waals surface area contributed by atoms with E-state index in [-0.39, 0.29) is 11.6 Å². The fourth-order valence-corrected chi connectivity index (χ4v) is 2.72. The number of rotatable bonds is 2. The third-order valence-corrected chi connectivity index (χ3v) is 3.46. The number of halogens is 3. The normalized spacial score (nSPS) is 11.1. The van der Waals surface area contributed by atoms with Gasteiger partial charge in [0.15, 0.2) is 0 Å². The van der Waals surface area contributed by atoms with Gasteiger partial charge in [-0.15, -0.1) is 0 Å². The summed E-state index contributed by atoms with van der Waals surface area (Å²) in [6.07, 6.45) is 1.53. The molecule has 0 atom stereocenters. The lowest BCUT2D eigenvalue weighted by Gasteiger charge is -2.02. The molecule has 0 aromatic heterocycles. The van der Waals surface area contributed by atoms with E-state index in [0.29, 0.717) is 20.2 Å². The van der Waals surface area contributed by atoms with Gasteiger partial charge in [0, 0.05) is 20.7 Å². The Bertz CT molecular complexity index is 591. The standard InChI is InChI=1S/C13H8Br2FNO/c14-10-5-9(16)6-11(15)13(10)17-7-8-3-1-2-4-12(8)18/h1-7,18H. The van der Waals surface area contributed by atoms with Crippen molar-refractivity contribution in [2.24, 2.45) is 4.99 Å². The summed E-state index contributed by atoms with van der Waals surface area (Å²) in [7, 11) is 0. The summed E-state index contributed by atoms with van der Waals surface area (Å²) in [5.41, 5.74) is 1.17. The van der Waals surface area contributed by atoms with Crippen molar-refractivity contribution in [3.05, 3.63) is 56.7 Å². The molecule has 2 rings (SSSR count). The van der Waals surface area contributed by atoms with Crippen LogP contribution in [0, 0.1) is 5.82 Å². The molecule has 0 aliphatic carbocycles. The molecule has 0 fully saturated rings. The highest BCUT2D eigenvalue weighted by Crippen LogP contribution is 2.34. The molecular formula is C13H8Br2FNO. The van der Waals surface area contributed by atoms with Gasteiger partial charge in [-0.3, -0.25) is 4.99 Å². The molecule has 92 valence electrons. The molecule has 2 aromatic carbocycles. The molecule has 0 saturated heterocycles. The maximum Gasteiger partial charge on any atom is 0.125 e. The lowest BCUT2D eigenvalue weighted by atomic mass is 10.2. The first-order chi connectivity index (χ1) is 8.58. The van der Waals surface area contributed by atoms with Crippen LogP contribution in [0.3, 0.4) is 0 Å². The van der Waals surface area contributed by atoms with Crippen molar-refractivity contribution in [1.82, 2.24) is 0 Å². The molecule has 0 aliphatic heterocycles. The molecular weight excluding hydrogens is 365 g/mol. The van der Waals surface area contributed by atoms with Crippen molar-refractivity contribution >= 4 is 43.8 Å². The minimum atomic E-state index is -0.352. The minimum absolute atomic E-state index is 0.149. The van der Waals surface area contributed by atoms with Gasteiger partial charge in [0.1, 0.15) is 11.6 Å². The predicted octanol–water partition coefficient (Wildman–Crippen LogP) is 4.81. The third-order valence-electron chi connectivity index (χ3n) is 2.25. The molecule has 0 unspecified atom stereocenters. The lowest BCUT2D eigenvalue weighted by molar-refractivity contribution is 0.474. The highest BCUT2D eigenvalue weighted by Gasteiger charge is 2.06. The summed E-state index contributed by atoms with van der Waals surface area (Å²) in [6, 6.07) is 9.52. The second kappa shape index (κ2) is 5.63. The number of hydrogen-bond acceptors (Lipinski definition) is 2. The summed E-state index contributed by atoms with van der Waals surface area (Å²) >= 11 is 6.49. The summed E-state index contributed by atoms with van der Waals surface area (Å²) in [6.45, 7) is 0. The average molecular weight is 373 g/mol. The summed E-state index contributed by atoms with van der Waals surface area (Å²) in [5.74, 6) is -0.203. The first-order valence-corrected chi connectivity index (χ1v) is 6.63. The van der Waals surface area contributed by atoms with Crippen LogP contribution in [0.25, 0.3) is 0 Å². The molecule has 0 bridgehead atoms. The first-order valence-electron chi connectivity index (χ1n) is 5.04. The largest absolute Gasteiger partial charge is 0.507 e. The van der Waals surface area contributed by atoms with E-state index in [0.717, 1.165) is 0 Å². The SMILES string of the molecule is Oc1ccccc1C=Nc1c(Br)cc(F)cc1Br. The number of benzene rings is 2. The molecule has 2 nitrogen and oxygen atoms in total. The summed E-state index contributed by atoms with van der Waals surface area (Å²) in [5, 5.41) is 9.60. The highest BCUT2D eigenvalue weighted by molar-refractivity contribution is 9.11. The van der Waals surface area contributed by atoms with Crippen LogP contribution in [-0.4, -0.2) is 11.3 Å². The fraction of sp³-hybridized carbons (Fsp3) is 0. The zero-order chi connectivity index (χ0) is 13.1. The monoisotopic (exact) mass is 371 g/mol. The van der Waals surface area contributed by atoms with E-state index in [9.17, 15) is 9.50 Å². The van der Waals surface area contributed by atoms with Crippen LogP contribution in [-0.2, 0) is 0 Å². The van der Waals surface area contributed by atoms with Crippen molar-refractivity contribution in [1.29, 1.82) is 0 Å². The number of nitrogens with zero attached hydrogens (tertiary/aromatic N) is 1. The molecule has 0 amide bonds. The topological polar surface area (TPSA) is 32.6 Å². The van der Waals surface area contributed by atoms with Crippen LogP contribution in [0.1, 0.15) is 5.56 Å². The van der Waals surface area contributed by atoms with Crippen molar-refractivity contribution in [2.45, 2.75) is 0 Å². The van der Waals surface area contributed by atoms with E-state index in [1.807, 2.05) is 0 Å². The Labute approximate surface area is 120 Å². The number of para-hydroxylation sites is 1. The van der Waals surface area contributed by atoms with Crippen LogP contribution in [0.15, 0.2) is 50.3 Å². The van der Waals surface area contributed by atoms with Crippen LogP contribution >= 0.6 is 31.9 Å². The van der Waals surface area contributed by atoms with Crippen molar-refractivity contribution in [3.8, 4) is 5.75 Å². The predicted molar refractivity (Wildman–Crippen MR) is 77.2 cm³/mol. The zero-order valence-electron chi connectivity index (χ0n) is 9.07. The Morgan fingerprint density at radius 1 is 1.11 bits per heavy atom. The highest BCUT2D eigenvalue weighted by atomic mass is 79.9. The average Bonchev–Trinajstić information content (AvgIpc) is 2.30. The molecule has 0 saturated carbocycles. The maximum atomic E-state index is 13.1. The Morgan fingerprint density at radius 3 is 2.33 bits per heavy atom. The minimum Gasteiger partial charge on any atom is -0.507 e. The van der Waals surface area contributed by atoms with Crippen molar-refractivity contribution in [2.75, 3.05) is 0 Å². The van der Waals surface area contributed by atoms with Gasteiger partial charge in [0.25, 0.3) is 0 Å². The van der Waals surface area contributed by atoms with Gasteiger partial charge in [-0.05, 0) is 56.1 Å². The summed E-state index contributed by atoms with van der Waals surface area (Å²) in [4.78, 5) is 4.23. The Balaban J connectivity index is 2.38. The molecule has 0 spiro atoms. The Morgan fingerprint density at radius 2 is 1.72 bits per heavy atom. The van der Waals surface area contributed by atoms with Crippen LogP contribution in [0.2, 0.25) is 0 Å². The quantitative estimate of drug-likeness (QED) is 0.754. The fourth-order valence-electron chi connectivity index (χ4n) is 1.39. The lowest BCUT2D eigenvalue weighted by Crippen LogP contribution is -1.83. The van der Waals surface area contributed by atoms with Gasteiger partial charge in [-0.25, -0.2) is 4.39 Å². The van der Waals surface area contributed by atoms with Crippen molar-refractivity contribution in [3.63, 3.8) is 0 Å². The number of aromatic hydroxyl groups is 1. The number of hydrogen-bond donors (Lipinski definition) is 1. The molecule has 0 heterocycles. The van der Waals surface area contributed by atoms with E-state index < -0.39 is 0 Å². The van der Waals surface area contributed by atoms with Crippen LogP contribution in [0.5, 0.6) is 5.75 Å². The Kier molecular flexibility index (Phi) is 4.14. The smallest absolute Gasteiger partial charge is 0.125 e. The number of phenolic OH excluding ortho intramolecular Hbond substituents is 1. The van der Waals surface area contributed by atoms with Gasteiger partial charge in [0.2, 0.25) is 0 Å². The second-order valence-electron chi connectivity index (χ2n) is 3.54. The van der Waals surface area contributed by atoms with Gasteiger partial charge >= 0.3 is 0 Å². The molecule has 1 N–H and O–H groups in total. The van der Waals surface area contributed by atoms with Crippen molar-refractivity contribution < 1.29 is 9.50 Å². The van der Waals surface area contributed by atoms with Crippen LogP contribution in [0.4, 0.5) is 10.1 Å². The van der Waals surface area contributed by atoms with E-state index in [2.05, 4.69) is 36.9 Å². The van der Waals surface area contributed by atoms with E-state index in [4.69, 9.17) is 0 Å². The van der Waals surface area contributed by atoms with Gasteiger partial charge in [0.05, 0.1) is 5.69 Å². The van der Waals surface area contributed by atoms with Gasteiger partial charge < -0.3 is 5.11 Å². The molecule has 18 heavy (non-hydrogen) atoms. The van der Waals surface area contributed by atoms with E-state index >= 15 is 0 Å². The van der Waals surface area contributed by atoms with Gasteiger partial charge in [-0.2, -0.15) is 0 Å². The molecule has 0 aliphatic rings. The maximum absolute atomic E-state index is 13.1. The van der Waals surface area contributed by atoms with Crippen LogP contribution < -0.4 is 0 Å². The number of aliphatic imine (C=N–C) groups is 1. The van der Waals surface area contributed by atoms with E-state index in [1.54, 1.807) is 24.3 Å². The van der Waals surface area contributed by atoms with E-state index in [1.165, 1.54) is 18.3 Å². The third kappa shape index (κ3) is 2.97. The second-order valence-corrected chi connectivity index (χ2v) is 5.24. The summed E-state index contributed by atoms with van der Waals surface area (Å²) < 4.78 is 14.2.